The molecular formula is C12H22N4O3S. The summed E-state index contributed by atoms with van der Waals surface area (Å²) in [6.45, 7) is 4.69. The minimum Gasteiger partial charge on any atom is -0.356 e. The second kappa shape index (κ2) is 6.87. The molecule has 0 bridgehead atoms. The zero-order valence-corrected chi connectivity index (χ0v) is 13.0. The molecule has 3 N–H and O–H groups in total. The number of amides is 1. The Morgan fingerprint density at radius 1 is 1.45 bits per heavy atom. The van der Waals surface area contributed by atoms with Crippen molar-refractivity contribution in [1.29, 1.82) is 0 Å². The third-order valence-corrected chi connectivity index (χ3v) is 4.27. The number of aromatic amines is 1. The van der Waals surface area contributed by atoms with E-state index in [9.17, 15) is 13.2 Å². The number of aromatic nitrogens is 1. The van der Waals surface area contributed by atoms with Gasteiger partial charge in [0, 0.05) is 32.4 Å². The van der Waals surface area contributed by atoms with Crippen molar-refractivity contribution in [2.24, 2.45) is 0 Å². The second-order valence-electron chi connectivity index (χ2n) is 4.86. The van der Waals surface area contributed by atoms with Crippen molar-refractivity contribution in [2.45, 2.75) is 24.8 Å². The van der Waals surface area contributed by atoms with Crippen LogP contribution in [0.3, 0.4) is 0 Å². The quantitative estimate of drug-likeness (QED) is 0.660. The van der Waals surface area contributed by atoms with Crippen LogP contribution in [0.4, 0.5) is 0 Å². The zero-order valence-electron chi connectivity index (χ0n) is 12.2. The monoisotopic (exact) mass is 302 g/mol. The van der Waals surface area contributed by atoms with Crippen LogP contribution in [0.5, 0.6) is 0 Å². The number of sulfonamides is 1. The van der Waals surface area contributed by atoms with Gasteiger partial charge in [-0.05, 0) is 27.0 Å². The highest BCUT2D eigenvalue weighted by atomic mass is 32.2. The molecule has 0 saturated carbocycles. The highest BCUT2D eigenvalue weighted by Gasteiger charge is 2.20. The van der Waals surface area contributed by atoms with E-state index in [1.807, 2.05) is 0 Å². The van der Waals surface area contributed by atoms with Crippen molar-refractivity contribution < 1.29 is 13.2 Å². The van der Waals surface area contributed by atoms with Gasteiger partial charge >= 0.3 is 0 Å². The second-order valence-corrected chi connectivity index (χ2v) is 6.57. The van der Waals surface area contributed by atoms with Gasteiger partial charge in [-0.25, -0.2) is 13.1 Å². The summed E-state index contributed by atoms with van der Waals surface area (Å²) in [6, 6.07) is 1.15. The lowest BCUT2D eigenvalue weighted by atomic mass is 10.3. The van der Waals surface area contributed by atoms with Crippen LogP contribution < -0.4 is 10.0 Å². The molecule has 8 heteroatoms. The maximum atomic E-state index is 12.1. The van der Waals surface area contributed by atoms with Crippen molar-refractivity contribution >= 4 is 15.9 Å². The van der Waals surface area contributed by atoms with Gasteiger partial charge in [0.2, 0.25) is 10.0 Å². The summed E-state index contributed by atoms with van der Waals surface area (Å²) in [5, 5.41) is 2.95. The van der Waals surface area contributed by atoms with E-state index >= 15 is 0 Å². The first-order valence-electron chi connectivity index (χ1n) is 6.38. The van der Waals surface area contributed by atoms with Crippen LogP contribution in [-0.4, -0.2) is 57.4 Å². The number of nitrogens with zero attached hydrogens (tertiary/aromatic N) is 1. The van der Waals surface area contributed by atoms with Crippen LogP contribution in [0.15, 0.2) is 17.2 Å². The van der Waals surface area contributed by atoms with Gasteiger partial charge < -0.3 is 15.2 Å². The van der Waals surface area contributed by atoms with Crippen LogP contribution in [0.25, 0.3) is 0 Å². The molecule has 0 atom stereocenters. The van der Waals surface area contributed by atoms with Gasteiger partial charge in [-0.3, -0.25) is 4.79 Å². The molecule has 0 radical (unpaired) electrons. The average molecular weight is 302 g/mol. The summed E-state index contributed by atoms with van der Waals surface area (Å²) in [5.41, 5.74) is 0.257. The first-order valence-corrected chi connectivity index (χ1v) is 7.87. The topological polar surface area (TPSA) is 94.3 Å². The van der Waals surface area contributed by atoms with Gasteiger partial charge in [0.15, 0.2) is 0 Å². The molecule has 7 nitrogen and oxygen atoms in total. The van der Waals surface area contributed by atoms with E-state index in [4.69, 9.17) is 0 Å². The largest absolute Gasteiger partial charge is 0.356 e. The van der Waals surface area contributed by atoms with E-state index in [1.54, 1.807) is 27.9 Å². The Morgan fingerprint density at radius 3 is 2.65 bits per heavy atom. The highest BCUT2D eigenvalue weighted by molar-refractivity contribution is 7.89. The van der Waals surface area contributed by atoms with Gasteiger partial charge in [-0.15, -0.1) is 0 Å². The van der Waals surface area contributed by atoms with Crippen molar-refractivity contribution in [3.63, 3.8) is 0 Å². The van der Waals surface area contributed by atoms with E-state index in [0.717, 1.165) is 0 Å². The number of likely N-dealkylation sites (N-methyl/N-ethyl adjacent to an activating group) is 2. The lowest BCUT2D eigenvalue weighted by molar-refractivity contribution is 0.0791. The number of hydrogen-bond acceptors (Lipinski definition) is 4. The minimum absolute atomic E-state index is 0.0663. The maximum Gasteiger partial charge on any atom is 0.270 e. The number of rotatable bonds is 7. The van der Waals surface area contributed by atoms with Gasteiger partial charge in [0.1, 0.15) is 10.6 Å². The fourth-order valence-electron chi connectivity index (χ4n) is 1.62. The van der Waals surface area contributed by atoms with Gasteiger partial charge in [0.05, 0.1) is 0 Å². The van der Waals surface area contributed by atoms with Gasteiger partial charge in [0.25, 0.3) is 5.91 Å². The Morgan fingerprint density at radius 2 is 2.10 bits per heavy atom. The Kier molecular flexibility index (Phi) is 5.73. The maximum absolute atomic E-state index is 12.1. The summed E-state index contributed by atoms with van der Waals surface area (Å²) in [5.74, 6) is -0.244. The van der Waals surface area contributed by atoms with Crippen molar-refractivity contribution in [3.8, 4) is 0 Å². The third-order valence-electron chi connectivity index (χ3n) is 2.63. The van der Waals surface area contributed by atoms with Crippen LogP contribution in [0, 0.1) is 0 Å². The molecule has 0 spiro atoms. The van der Waals surface area contributed by atoms with E-state index in [0.29, 0.717) is 13.1 Å². The molecule has 1 heterocycles. The van der Waals surface area contributed by atoms with Crippen LogP contribution in [0.2, 0.25) is 0 Å². The Balaban J connectivity index is 2.84. The molecule has 0 saturated heterocycles. The van der Waals surface area contributed by atoms with Crippen molar-refractivity contribution in [3.05, 3.63) is 18.0 Å². The molecule has 0 fully saturated rings. The molecule has 1 amide bonds. The fraction of sp³-hybridized carbons (Fsp3) is 0.583. The lowest BCUT2D eigenvalue weighted by Crippen LogP contribution is -2.33. The molecule has 1 aromatic rings. The summed E-state index contributed by atoms with van der Waals surface area (Å²) in [6.07, 6.45) is 1.32. The van der Waals surface area contributed by atoms with E-state index in [2.05, 4.69) is 15.0 Å². The molecule has 0 aromatic carbocycles. The van der Waals surface area contributed by atoms with Gasteiger partial charge in [-0.2, -0.15) is 0 Å². The van der Waals surface area contributed by atoms with Crippen LogP contribution in [0.1, 0.15) is 24.3 Å². The lowest BCUT2D eigenvalue weighted by Gasteiger charge is -2.15. The standard InChI is InChI=1S/C12H22N4O3S/c1-9(2)15-20(18,19)10-7-11(14-8-10)12(17)16(4)6-5-13-3/h7-9,13-15H,5-6H2,1-4H3. The smallest absolute Gasteiger partial charge is 0.270 e. The Hall–Kier alpha value is -1.38. The molecule has 114 valence electrons. The predicted octanol–water partition coefficient (Wildman–Crippen LogP) is -0.00720. The molecule has 1 aromatic heterocycles. The highest BCUT2D eigenvalue weighted by Crippen LogP contribution is 2.12. The van der Waals surface area contributed by atoms with Crippen LogP contribution >= 0.6 is 0 Å². The first-order chi connectivity index (χ1) is 9.27. The summed E-state index contributed by atoms with van der Waals surface area (Å²) in [4.78, 5) is 16.4. The van der Waals surface area contributed by atoms with E-state index < -0.39 is 10.0 Å². The number of carbonyl (C=O) groups excluding carboxylic acids is 1. The van der Waals surface area contributed by atoms with Crippen LogP contribution in [-0.2, 0) is 10.0 Å². The summed E-state index contributed by atoms with van der Waals surface area (Å²) >= 11 is 0. The molecule has 20 heavy (non-hydrogen) atoms. The number of nitrogens with one attached hydrogen (secondary N) is 3. The molecule has 0 unspecified atom stereocenters. The number of H-pyrrole nitrogens is 1. The summed E-state index contributed by atoms with van der Waals surface area (Å²) < 4.78 is 26.4. The first kappa shape index (κ1) is 16.7. The number of hydrogen-bond donors (Lipinski definition) is 3. The zero-order chi connectivity index (χ0) is 15.3. The third kappa shape index (κ3) is 4.32. The molecule has 0 aliphatic carbocycles. The molecule has 1 rings (SSSR count). The van der Waals surface area contributed by atoms with Gasteiger partial charge in [-0.1, -0.05) is 0 Å². The van der Waals surface area contributed by atoms with Crippen molar-refractivity contribution in [2.75, 3.05) is 27.2 Å². The van der Waals surface area contributed by atoms with E-state index in [1.165, 1.54) is 17.2 Å². The van der Waals surface area contributed by atoms with E-state index in [-0.39, 0.29) is 22.5 Å². The number of carbonyl (C=O) groups is 1. The SMILES string of the molecule is CNCCN(C)C(=O)c1cc(S(=O)(=O)NC(C)C)c[nH]1. The average Bonchev–Trinajstić information content (AvgIpc) is 2.83. The minimum atomic E-state index is -3.58. The van der Waals surface area contributed by atoms with Crippen molar-refractivity contribution in [1.82, 2.24) is 19.9 Å². The predicted molar refractivity (Wildman–Crippen MR) is 77.1 cm³/mol. The normalized spacial score (nSPS) is 11.8. The fourth-order valence-corrected chi connectivity index (χ4v) is 2.86. The summed E-state index contributed by atoms with van der Waals surface area (Å²) in [7, 11) is -0.111. The molecular weight excluding hydrogens is 280 g/mol. The molecule has 0 aliphatic rings. The molecule has 0 aliphatic heterocycles. The Labute approximate surface area is 119 Å². The Bertz CT molecular complexity index is 551.